The molecular weight excluding hydrogens is 419 g/mol. The maximum absolute atomic E-state index is 11.7. The lowest BCUT2D eigenvalue weighted by Crippen LogP contribution is -2.43. The Hall–Kier alpha value is -1.32. The van der Waals surface area contributed by atoms with Gasteiger partial charge in [-0.1, -0.05) is 20.3 Å². The van der Waals surface area contributed by atoms with Crippen LogP contribution < -0.4 is 10.6 Å². The number of carbonyl (C=O) groups excluding carboxylic acids is 1. The van der Waals surface area contributed by atoms with Crippen molar-refractivity contribution < 1.29 is 4.79 Å². The Morgan fingerprint density at radius 3 is 2.62 bits per heavy atom. The number of hydrogen-bond acceptors (Lipinski definition) is 3. The molecule has 0 bridgehead atoms. The molecule has 0 saturated heterocycles. The lowest BCUT2D eigenvalue weighted by atomic mass is 10.2. The molecule has 138 valence electrons. The van der Waals surface area contributed by atoms with Crippen molar-refractivity contribution in [3.8, 4) is 0 Å². The molecule has 1 aromatic rings. The van der Waals surface area contributed by atoms with E-state index in [-0.39, 0.29) is 36.4 Å². The lowest BCUT2D eigenvalue weighted by Gasteiger charge is -2.14. The van der Waals surface area contributed by atoms with Gasteiger partial charge in [0.1, 0.15) is 0 Å². The SMILES string of the molecule is CCCCNC(=NCc1cn(C)nc1CC)NCC(=O)N(C)C.I. The van der Waals surface area contributed by atoms with Crippen molar-refractivity contribution >= 4 is 35.8 Å². The van der Waals surface area contributed by atoms with E-state index in [1.807, 2.05) is 17.9 Å². The van der Waals surface area contributed by atoms with E-state index < -0.39 is 0 Å². The predicted molar refractivity (Wildman–Crippen MR) is 109 cm³/mol. The average molecular weight is 450 g/mol. The van der Waals surface area contributed by atoms with Gasteiger partial charge in [-0.3, -0.25) is 9.48 Å². The number of nitrogens with one attached hydrogen (secondary N) is 2. The number of rotatable bonds is 8. The van der Waals surface area contributed by atoms with Gasteiger partial charge >= 0.3 is 0 Å². The number of aryl methyl sites for hydroxylation is 2. The Kier molecular flexibility index (Phi) is 11.4. The van der Waals surface area contributed by atoms with E-state index in [1.165, 1.54) is 0 Å². The Morgan fingerprint density at radius 1 is 1.33 bits per heavy atom. The summed E-state index contributed by atoms with van der Waals surface area (Å²) in [4.78, 5) is 17.9. The normalized spacial score (nSPS) is 11.0. The molecule has 0 aliphatic carbocycles. The van der Waals surface area contributed by atoms with Crippen LogP contribution in [0.2, 0.25) is 0 Å². The number of likely N-dealkylation sites (N-methyl/N-ethyl adjacent to an activating group) is 1. The standard InChI is InChI=1S/C16H30N6O.HI/c1-6-8-9-17-16(19-11-15(23)21(3)4)18-10-13-12-22(5)20-14(13)7-2;/h12H,6-11H2,1-5H3,(H2,17,18,19);1H. The van der Waals surface area contributed by atoms with Crippen molar-refractivity contribution in [3.05, 3.63) is 17.5 Å². The first-order chi connectivity index (χ1) is 11.0. The molecule has 1 rings (SSSR count). The van der Waals surface area contributed by atoms with Gasteiger partial charge in [0.05, 0.1) is 18.8 Å². The van der Waals surface area contributed by atoms with Gasteiger partial charge in [-0.15, -0.1) is 24.0 Å². The number of aromatic nitrogens is 2. The first-order valence-corrected chi connectivity index (χ1v) is 8.21. The number of nitrogens with zero attached hydrogens (tertiary/aromatic N) is 4. The quantitative estimate of drug-likeness (QED) is 0.273. The fourth-order valence-corrected chi connectivity index (χ4v) is 2.05. The molecule has 7 nitrogen and oxygen atoms in total. The van der Waals surface area contributed by atoms with Gasteiger partial charge in [-0.2, -0.15) is 5.10 Å². The second-order valence-corrected chi connectivity index (χ2v) is 5.72. The number of aliphatic imine (C=N–C) groups is 1. The second-order valence-electron chi connectivity index (χ2n) is 5.72. The number of carbonyl (C=O) groups is 1. The fraction of sp³-hybridized carbons (Fsp3) is 0.688. The lowest BCUT2D eigenvalue weighted by molar-refractivity contribution is -0.127. The van der Waals surface area contributed by atoms with Crippen LogP contribution in [0.5, 0.6) is 0 Å². The van der Waals surface area contributed by atoms with Crippen molar-refractivity contribution in [3.63, 3.8) is 0 Å². The van der Waals surface area contributed by atoms with Gasteiger partial charge < -0.3 is 15.5 Å². The number of hydrogen-bond donors (Lipinski definition) is 2. The Labute approximate surface area is 162 Å². The Balaban J connectivity index is 0.00000529. The molecule has 1 amide bonds. The van der Waals surface area contributed by atoms with Crippen LogP contribution in [0.25, 0.3) is 0 Å². The summed E-state index contributed by atoms with van der Waals surface area (Å²) in [7, 11) is 5.41. The smallest absolute Gasteiger partial charge is 0.241 e. The summed E-state index contributed by atoms with van der Waals surface area (Å²) in [6.07, 6.45) is 5.06. The minimum atomic E-state index is 0. The van der Waals surface area contributed by atoms with E-state index in [0.717, 1.165) is 37.1 Å². The first kappa shape index (κ1) is 22.7. The summed E-state index contributed by atoms with van der Waals surface area (Å²) in [6.45, 7) is 5.86. The molecule has 0 fully saturated rings. The Morgan fingerprint density at radius 2 is 2.04 bits per heavy atom. The van der Waals surface area contributed by atoms with Crippen LogP contribution in [-0.2, 0) is 24.8 Å². The van der Waals surface area contributed by atoms with Crippen molar-refractivity contribution in [1.82, 2.24) is 25.3 Å². The highest BCUT2D eigenvalue weighted by atomic mass is 127. The molecule has 0 unspecified atom stereocenters. The van der Waals surface area contributed by atoms with Gasteiger partial charge in [0, 0.05) is 39.4 Å². The van der Waals surface area contributed by atoms with Crippen LogP contribution >= 0.6 is 24.0 Å². The molecule has 0 aliphatic rings. The van der Waals surface area contributed by atoms with Crippen molar-refractivity contribution in [2.45, 2.75) is 39.7 Å². The maximum Gasteiger partial charge on any atom is 0.241 e. The third-order valence-corrected chi connectivity index (χ3v) is 3.46. The van der Waals surface area contributed by atoms with Crippen LogP contribution in [0.3, 0.4) is 0 Å². The molecule has 8 heteroatoms. The number of unbranched alkanes of at least 4 members (excludes halogenated alkanes) is 1. The number of guanidine groups is 1. The van der Waals surface area contributed by atoms with E-state index in [2.05, 4.69) is 34.6 Å². The van der Waals surface area contributed by atoms with Gasteiger partial charge in [0.15, 0.2) is 5.96 Å². The zero-order valence-electron chi connectivity index (χ0n) is 15.4. The van der Waals surface area contributed by atoms with E-state index in [9.17, 15) is 4.79 Å². The largest absolute Gasteiger partial charge is 0.356 e. The zero-order chi connectivity index (χ0) is 17.2. The van der Waals surface area contributed by atoms with E-state index in [0.29, 0.717) is 12.5 Å². The van der Waals surface area contributed by atoms with Crippen LogP contribution in [0.15, 0.2) is 11.2 Å². The minimum Gasteiger partial charge on any atom is -0.356 e. The predicted octanol–water partition coefficient (Wildman–Crippen LogP) is 1.52. The average Bonchev–Trinajstić information content (AvgIpc) is 2.89. The summed E-state index contributed by atoms with van der Waals surface area (Å²) in [5.74, 6) is 0.685. The summed E-state index contributed by atoms with van der Waals surface area (Å²) in [5, 5.41) is 10.8. The second kappa shape index (κ2) is 12.1. The third-order valence-electron chi connectivity index (χ3n) is 3.46. The van der Waals surface area contributed by atoms with Crippen LogP contribution in [0, 0.1) is 0 Å². The summed E-state index contributed by atoms with van der Waals surface area (Å²) in [6, 6.07) is 0. The van der Waals surface area contributed by atoms with Crippen molar-refractivity contribution in [2.75, 3.05) is 27.2 Å². The van der Waals surface area contributed by atoms with Crippen molar-refractivity contribution in [1.29, 1.82) is 0 Å². The van der Waals surface area contributed by atoms with Crippen LogP contribution in [-0.4, -0.2) is 53.7 Å². The highest BCUT2D eigenvalue weighted by Crippen LogP contribution is 2.08. The molecule has 0 radical (unpaired) electrons. The Bertz CT molecular complexity index is 527. The minimum absolute atomic E-state index is 0. The first-order valence-electron chi connectivity index (χ1n) is 8.21. The molecule has 0 aromatic carbocycles. The third kappa shape index (κ3) is 7.98. The monoisotopic (exact) mass is 450 g/mol. The van der Waals surface area contributed by atoms with Crippen molar-refractivity contribution in [2.24, 2.45) is 12.0 Å². The van der Waals surface area contributed by atoms with Gasteiger partial charge in [0.25, 0.3) is 0 Å². The molecule has 0 aliphatic heterocycles. The molecular formula is C16H31IN6O. The van der Waals surface area contributed by atoms with E-state index >= 15 is 0 Å². The van der Waals surface area contributed by atoms with Crippen LogP contribution in [0.1, 0.15) is 37.9 Å². The number of halogens is 1. The maximum atomic E-state index is 11.7. The topological polar surface area (TPSA) is 74.5 Å². The van der Waals surface area contributed by atoms with E-state index in [4.69, 9.17) is 0 Å². The molecule has 1 heterocycles. The molecule has 2 N–H and O–H groups in total. The molecule has 1 aromatic heterocycles. The van der Waals surface area contributed by atoms with Gasteiger partial charge in [-0.05, 0) is 12.8 Å². The van der Waals surface area contributed by atoms with E-state index in [1.54, 1.807) is 19.0 Å². The summed E-state index contributed by atoms with van der Waals surface area (Å²) >= 11 is 0. The van der Waals surface area contributed by atoms with Gasteiger partial charge in [-0.25, -0.2) is 4.99 Å². The zero-order valence-corrected chi connectivity index (χ0v) is 17.8. The molecule has 24 heavy (non-hydrogen) atoms. The molecule has 0 atom stereocenters. The fourth-order valence-electron chi connectivity index (χ4n) is 2.05. The summed E-state index contributed by atoms with van der Waals surface area (Å²) in [5.41, 5.74) is 2.18. The highest BCUT2D eigenvalue weighted by Gasteiger charge is 2.08. The highest BCUT2D eigenvalue weighted by molar-refractivity contribution is 14.0. The van der Waals surface area contributed by atoms with Crippen LogP contribution in [0.4, 0.5) is 0 Å². The van der Waals surface area contributed by atoms with Gasteiger partial charge in [0.2, 0.25) is 5.91 Å². The molecule has 0 spiro atoms. The number of amides is 1. The summed E-state index contributed by atoms with van der Waals surface area (Å²) < 4.78 is 1.82. The molecule has 0 saturated carbocycles.